The number of amides is 1. The van der Waals surface area contributed by atoms with Crippen molar-refractivity contribution >= 4 is 27.6 Å². The van der Waals surface area contributed by atoms with Crippen LogP contribution in [0.1, 0.15) is 24.3 Å². The smallest absolute Gasteiger partial charge is 0.225 e. The second-order valence-electron chi connectivity index (χ2n) is 5.90. The molecule has 1 amide bonds. The van der Waals surface area contributed by atoms with Gasteiger partial charge in [0.25, 0.3) is 0 Å². The van der Waals surface area contributed by atoms with Crippen LogP contribution < -0.4 is 5.32 Å². The van der Waals surface area contributed by atoms with E-state index in [1.807, 2.05) is 43.3 Å². The molecule has 0 aliphatic carbocycles. The second-order valence-corrected chi connectivity index (χ2v) is 5.90. The van der Waals surface area contributed by atoms with Gasteiger partial charge in [0.1, 0.15) is 11.3 Å². The standard InChI is InChI=1S/C20H17NO3/c1-13(17-7-4-10-23-17)21-19(22)11-15-12-24-18-9-8-14-5-2-3-6-16(14)20(15)18/h2-10,12-13H,11H2,1H3,(H,21,22)/t13-/m0/s1. The van der Waals surface area contributed by atoms with Gasteiger partial charge in [-0.15, -0.1) is 0 Å². The average Bonchev–Trinajstić information content (AvgIpc) is 3.25. The van der Waals surface area contributed by atoms with Gasteiger partial charge in [-0.1, -0.05) is 30.3 Å². The first kappa shape index (κ1) is 14.6. The topological polar surface area (TPSA) is 55.4 Å². The van der Waals surface area contributed by atoms with Gasteiger partial charge in [-0.2, -0.15) is 0 Å². The molecule has 0 aliphatic heterocycles. The first-order valence-electron chi connectivity index (χ1n) is 7.93. The Kier molecular flexibility index (Phi) is 3.58. The fourth-order valence-electron chi connectivity index (χ4n) is 3.08. The first-order chi connectivity index (χ1) is 11.7. The third kappa shape index (κ3) is 2.56. The fourth-order valence-corrected chi connectivity index (χ4v) is 3.08. The highest BCUT2D eigenvalue weighted by Gasteiger charge is 2.16. The van der Waals surface area contributed by atoms with Crippen LogP contribution in [0.15, 0.2) is 69.9 Å². The highest BCUT2D eigenvalue weighted by molar-refractivity contribution is 6.08. The number of hydrogen-bond acceptors (Lipinski definition) is 3. The summed E-state index contributed by atoms with van der Waals surface area (Å²) in [5.74, 6) is 0.681. The van der Waals surface area contributed by atoms with Crippen molar-refractivity contribution in [3.63, 3.8) is 0 Å². The largest absolute Gasteiger partial charge is 0.467 e. The molecule has 0 aliphatic rings. The zero-order valence-corrected chi connectivity index (χ0v) is 13.3. The maximum Gasteiger partial charge on any atom is 0.225 e. The Morgan fingerprint density at radius 3 is 2.79 bits per heavy atom. The van der Waals surface area contributed by atoms with Gasteiger partial charge in [-0.3, -0.25) is 4.79 Å². The molecule has 2 heterocycles. The number of nitrogens with one attached hydrogen (secondary N) is 1. The average molecular weight is 319 g/mol. The highest BCUT2D eigenvalue weighted by atomic mass is 16.3. The van der Waals surface area contributed by atoms with Gasteiger partial charge in [-0.25, -0.2) is 0 Å². The maximum atomic E-state index is 12.4. The predicted octanol–water partition coefficient (Wildman–Crippen LogP) is 4.60. The van der Waals surface area contributed by atoms with E-state index in [1.54, 1.807) is 12.5 Å². The van der Waals surface area contributed by atoms with E-state index in [0.29, 0.717) is 0 Å². The van der Waals surface area contributed by atoms with E-state index in [4.69, 9.17) is 8.83 Å². The molecule has 0 saturated carbocycles. The van der Waals surface area contributed by atoms with Crippen LogP contribution in [0.3, 0.4) is 0 Å². The summed E-state index contributed by atoms with van der Waals surface area (Å²) in [4.78, 5) is 12.4. The summed E-state index contributed by atoms with van der Waals surface area (Å²) < 4.78 is 11.0. The Morgan fingerprint density at radius 2 is 1.96 bits per heavy atom. The van der Waals surface area contributed by atoms with Crippen LogP contribution in [-0.4, -0.2) is 5.91 Å². The molecule has 1 N–H and O–H groups in total. The maximum absolute atomic E-state index is 12.4. The minimum atomic E-state index is -0.164. The molecule has 4 aromatic rings. The lowest BCUT2D eigenvalue weighted by atomic mass is 10.0. The monoisotopic (exact) mass is 319 g/mol. The van der Waals surface area contributed by atoms with Crippen LogP contribution in [0.2, 0.25) is 0 Å². The zero-order valence-electron chi connectivity index (χ0n) is 13.3. The summed E-state index contributed by atoms with van der Waals surface area (Å²) in [6.07, 6.45) is 3.55. The summed E-state index contributed by atoms with van der Waals surface area (Å²) in [7, 11) is 0. The predicted molar refractivity (Wildman–Crippen MR) is 92.7 cm³/mol. The van der Waals surface area contributed by atoms with Crippen molar-refractivity contribution in [2.45, 2.75) is 19.4 Å². The van der Waals surface area contributed by atoms with Gasteiger partial charge in [0.15, 0.2) is 0 Å². The van der Waals surface area contributed by atoms with Gasteiger partial charge in [0.05, 0.1) is 25.0 Å². The van der Waals surface area contributed by atoms with Gasteiger partial charge < -0.3 is 14.2 Å². The number of furan rings is 2. The van der Waals surface area contributed by atoms with E-state index >= 15 is 0 Å². The van der Waals surface area contributed by atoms with Gasteiger partial charge >= 0.3 is 0 Å². The molecule has 120 valence electrons. The molecule has 1 atom stereocenters. The van der Waals surface area contributed by atoms with E-state index in [9.17, 15) is 4.79 Å². The lowest BCUT2D eigenvalue weighted by Gasteiger charge is -2.11. The molecule has 4 rings (SSSR count). The summed E-state index contributed by atoms with van der Waals surface area (Å²) in [5, 5.41) is 6.21. The SMILES string of the molecule is C[C@H](NC(=O)Cc1coc2ccc3ccccc3c12)c1ccco1. The van der Waals surface area contributed by atoms with Crippen LogP contribution in [-0.2, 0) is 11.2 Å². The van der Waals surface area contributed by atoms with Crippen LogP contribution in [0.5, 0.6) is 0 Å². The zero-order chi connectivity index (χ0) is 16.5. The number of carbonyl (C=O) groups excluding carboxylic acids is 1. The van der Waals surface area contributed by atoms with Crippen LogP contribution in [0.25, 0.3) is 21.7 Å². The van der Waals surface area contributed by atoms with Crippen molar-refractivity contribution in [1.82, 2.24) is 5.32 Å². The van der Waals surface area contributed by atoms with Crippen molar-refractivity contribution in [3.05, 3.63) is 72.4 Å². The lowest BCUT2D eigenvalue weighted by Crippen LogP contribution is -2.27. The molecule has 4 heteroatoms. The number of rotatable bonds is 4. The number of benzene rings is 2. The summed E-state index contributed by atoms with van der Waals surface area (Å²) in [6, 6.07) is 15.6. The Labute approximate surface area is 139 Å². The molecular formula is C20H17NO3. The van der Waals surface area contributed by atoms with Crippen molar-refractivity contribution in [2.75, 3.05) is 0 Å². The third-order valence-corrected chi connectivity index (χ3v) is 4.24. The van der Waals surface area contributed by atoms with Gasteiger partial charge in [-0.05, 0) is 35.9 Å². The van der Waals surface area contributed by atoms with E-state index in [1.165, 1.54) is 0 Å². The van der Waals surface area contributed by atoms with Crippen LogP contribution in [0.4, 0.5) is 0 Å². The second kappa shape index (κ2) is 5.89. The highest BCUT2D eigenvalue weighted by Crippen LogP contribution is 2.30. The molecule has 2 aromatic heterocycles. The normalized spacial score (nSPS) is 12.5. The molecule has 0 bridgehead atoms. The lowest BCUT2D eigenvalue weighted by molar-refractivity contribution is -0.121. The molecule has 0 radical (unpaired) electrons. The van der Waals surface area contributed by atoms with Crippen LogP contribution >= 0.6 is 0 Å². The number of hydrogen-bond donors (Lipinski definition) is 1. The molecule has 2 aromatic carbocycles. The van der Waals surface area contributed by atoms with Crippen molar-refractivity contribution < 1.29 is 13.6 Å². The van der Waals surface area contributed by atoms with Gasteiger partial charge in [0, 0.05) is 10.9 Å². The molecule has 4 nitrogen and oxygen atoms in total. The minimum absolute atomic E-state index is 0.0606. The Morgan fingerprint density at radius 1 is 1.08 bits per heavy atom. The summed E-state index contributed by atoms with van der Waals surface area (Å²) in [5.41, 5.74) is 1.70. The molecule has 0 spiro atoms. The van der Waals surface area contributed by atoms with E-state index in [2.05, 4.69) is 17.4 Å². The molecule has 24 heavy (non-hydrogen) atoms. The molecular weight excluding hydrogens is 302 g/mol. The number of fused-ring (bicyclic) bond motifs is 3. The Bertz CT molecular complexity index is 998. The minimum Gasteiger partial charge on any atom is -0.467 e. The first-order valence-corrected chi connectivity index (χ1v) is 7.93. The van der Waals surface area contributed by atoms with E-state index < -0.39 is 0 Å². The van der Waals surface area contributed by atoms with E-state index in [-0.39, 0.29) is 18.4 Å². The van der Waals surface area contributed by atoms with Crippen molar-refractivity contribution in [3.8, 4) is 0 Å². The fraction of sp³-hybridized carbons (Fsp3) is 0.150. The summed E-state index contributed by atoms with van der Waals surface area (Å²) >= 11 is 0. The Balaban J connectivity index is 1.62. The number of carbonyl (C=O) groups is 1. The van der Waals surface area contributed by atoms with Gasteiger partial charge in [0.2, 0.25) is 5.91 Å². The summed E-state index contributed by atoms with van der Waals surface area (Å²) in [6.45, 7) is 1.90. The van der Waals surface area contributed by atoms with Crippen molar-refractivity contribution in [1.29, 1.82) is 0 Å². The Hall–Kier alpha value is -3.01. The van der Waals surface area contributed by atoms with Crippen molar-refractivity contribution in [2.24, 2.45) is 0 Å². The third-order valence-electron chi connectivity index (χ3n) is 4.24. The molecule has 0 fully saturated rings. The molecule has 0 unspecified atom stereocenters. The molecule has 0 saturated heterocycles. The quantitative estimate of drug-likeness (QED) is 0.598. The van der Waals surface area contributed by atoms with E-state index in [0.717, 1.165) is 33.1 Å². The van der Waals surface area contributed by atoms with Crippen LogP contribution in [0, 0.1) is 0 Å².